The number of fused-ring (bicyclic) bond motifs is 1. The lowest BCUT2D eigenvalue weighted by molar-refractivity contribution is 0.102. The molecule has 0 unspecified atom stereocenters. The molecule has 0 spiro atoms. The highest BCUT2D eigenvalue weighted by atomic mass is 16.2. The maximum atomic E-state index is 12.6. The Labute approximate surface area is 144 Å². The van der Waals surface area contributed by atoms with E-state index in [0.29, 0.717) is 11.5 Å². The molecule has 6 heteroatoms. The summed E-state index contributed by atoms with van der Waals surface area (Å²) in [6.07, 6.45) is 6.34. The summed E-state index contributed by atoms with van der Waals surface area (Å²) in [6, 6.07) is 13.7. The number of hydrogen-bond acceptors (Lipinski definition) is 4. The number of aryl methyl sites for hydroxylation is 1. The molecule has 0 aliphatic rings. The summed E-state index contributed by atoms with van der Waals surface area (Å²) in [4.78, 5) is 25.3. The first-order chi connectivity index (χ1) is 12.2. The molecule has 0 aliphatic carbocycles. The van der Waals surface area contributed by atoms with Gasteiger partial charge >= 0.3 is 0 Å². The number of pyridine rings is 1. The predicted molar refractivity (Wildman–Crippen MR) is 95.4 cm³/mol. The molecule has 4 rings (SSSR count). The topological polar surface area (TPSA) is 72.2 Å². The molecular formula is C19H15N5O. The molecule has 0 fully saturated rings. The zero-order valence-electron chi connectivity index (χ0n) is 13.5. The van der Waals surface area contributed by atoms with Gasteiger partial charge in [-0.3, -0.25) is 14.2 Å². The first kappa shape index (κ1) is 15.0. The van der Waals surface area contributed by atoms with Gasteiger partial charge < -0.3 is 5.32 Å². The van der Waals surface area contributed by atoms with Crippen LogP contribution in [0.5, 0.6) is 0 Å². The molecule has 6 nitrogen and oxygen atoms in total. The molecule has 1 N–H and O–H groups in total. The van der Waals surface area contributed by atoms with E-state index in [1.165, 1.54) is 18.6 Å². The third kappa shape index (κ3) is 2.74. The molecule has 0 bridgehead atoms. The van der Waals surface area contributed by atoms with Gasteiger partial charge in [-0.15, -0.1) is 0 Å². The fourth-order valence-corrected chi connectivity index (χ4v) is 2.71. The number of rotatable bonds is 3. The second-order valence-corrected chi connectivity index (χ2v) is 5.60. The number of benzene rings is 1. The Morgan fingerprint density at radius 1 is 1.08 bits per heavy atom. The summed E-state index contributed by atoms with van der Waals surface area (Å²) in [7, 11) is 0. The zero-order valence-corrected chi connectivity index (χ0v) is 13.5. The van der Waals surface area contributed by atoms with Crippen molar-refractivity contribution < 1.29 is 4.79 Å². The predicted octanol–water partition coefficient (Wildman–Crippen LogP) is 3.35. The number of imidazole rings is 1. The first-order valence-electron chi connectivity index (χ1n) is 7.84. The van der Waals surface area contributed by atoms with Gasteiger partial charge in [-0.05, 0) is 18.6 Å². The highest BCUT2D eigenvalue weighted by Crippen LogP contribution is 2.29. The van der Waals surface area contributed by atoms with Crippen molar-refractivity contribution in [3.8, 4) is 11.3 Å². The Hall–Kier alpha value is -3.54. The molecule has 0 radical (unpaired) electrons. The van der Waals surface area contributed by atoms with Crippen LogP contribution in [0.2, 0.25) is 0 Å². The van der Waals surface area contributed by atoms with E-state index in [0.717, 1.165) is 16.8 Å². The van der Waals surface area contributed by atoms with Crippen molar-refractivity contribution in [1.29, 1.82) is 0 Å². The van der Waals surface area contributed by atoms with Crippen molar-refractivity contribution >= 4 is 17.4 Å². The van der Waals surface area contributed by atoms with Crippen LogP contribution in [0.1, 0.15) is 16.1 Å². The summed E-state index contributed by atoms with van der Waals surface area (Å²) in [5.74, 6) is 0.286. The molecular weight excluding hydrogens is 314 g/mol. The summed E-state index contributed by atoms with van der Waals surface area (Å²) in [5, 5.41) is 2.93. The second kappa shape index (κ2) is 6.16. The lowest BCUT2D eigenvalue weighted by Crippen LogP contribution is -2.15. The number of hydrogen-bond donors (Lipinski definition) is 1. The number of amides is 1. The first-order valence-corrected chi connectivity index (χ1v) is 7.84. The van der Waals surface area contributed by atoms with Crippen LogP contribution < -0.4 is 5.32 Å². The molecule has 0 aliphatic heterocycles. The third-order valence-corrected chi connectivity index (χ3v) is 3.92. The van der Waals surface area contributed by atoms with E-state index in [1.54, 1.807) is 0 Å². The summed E-state index contributed by atoms with van der Waals surface area (Å²) < 4.78 is 1.88. The average molecular weight is 329 g/mol. The minimum Gasteiger partial charge on any atom is -0.304 e. The van der Waals surface area contributed by atoms with Crippen LogP contribution in [0.3, 0.4) is 0 Å². The van der Waals surface area contributed by atoms with Crippen LogP contribution in [0, 0.1) is 6.92 Å². The Balaban J connectivity index is 1.86. The van der Waals surface area contributed by atoms with Gasteiger partial charge in [0.05, 0.1) is 6.20 Å². The van der Waals surface area contributed by atoms with E-state index in [1.807, 2.05) is 60.0 Å². The number of aromatic nitrogens is 4. The van der Waals surface area contributed by atoms with Gasteiger partial charge in [0.15, 0.2) is 0 Å². The molecule has 3 aromatic heterocycles. The van der Waals surface area contributed by atoms with Crippen molar-refractivity contribution in [2.45, 2.75) is 6.92 Å². The van der Waals surface area contributed by atoms with Crippen molar-refractivity contribution in [3.05, 3.63) is 78.5 Å². The van der Waals surface area contributed by atoms with Gasteiger partial charge in [0.1, 0.15) is 22.9 Å². The number of carbonyl (C=O) groups is 1. The van der Waals surface area contributed by atoms with Crippen LogP contribution in [-0.2, 0) is 0 Å². The Morgan fingerprint density at radius 3 is 2.68 bits per heavy atom. The van der Waals surface area contributed by atoms with E-state index < -0.39 is 0 Å². The van der Waals surface area contributed by atoms with Gasteiger partial charge in [-0.2, -0.15) is 0 Å². The Bertz CT molecular complexity index is 1040. The summed E-state index contributed by atoms with van der Waals surface area (Å²) in [6.45, 7) is 1.99. The number of anilines is 1. The van der Waals surface area contributed by atoms with Crippen molar-refractivity contribution in [2.24, 2.45) is 0 Å². The molecule has 25 heavy (non-hydrogen) atoms. The van der Waals surface area contributed by atoms with E-state index in [9.17, 15) is 4.79 Å². The highest BCUT2D eigenvalue weighted by Gasteiger charge is 2.18. The number of nitrogens with one attached hydrogen (secondary N) is 1. The van der Waals surface area contributed by atoms with Gasteiger partial charge in [0.25, 0.3) is 5.91 Å². The maximum absolute atomic E-state index is 12.6. The maximum Gasteiger partial charge on any atom is 0.277 e. The largest absolute Gasteiger partial charge is 0.304 e. The van der Waals surface area contributed by atoms with Gasteiger partial charge in [0.2, 0.25) is 0 Å². The van der Waals surface area contributed by atoms with Gasteiger partial charge in [-0.25, -0.2) is 9.97 Å². The van der Waals surface area contributed by atoms with Crippen LogP contribution in [0.25, 0.3) is 16.9 Å². The monoisotopic (exact) mass is 329 g/mol. The van der Waals surface area contributed by atoms with Crippen LogP contribution in [0.15, 0.2) is 67.3 Å². The van der Waals surface area contributed by atoms with Crippen LogP contribution >= 0.6 is 0 Å². The lowest BCUT2D eigenvalue weighted by atomic mass is 10.1. The molecule has 0 atom stereocenters. The van der Waals surface area contributed by atoms with E-state index >= 15 is 0 Å². The van der Waals surface area contributed by atoms with Gasteiger partial charge in [0, 0.05) is 24.2 Å². The SMILES string of the molecule is Cc1cccn2c(NC(=O)c3cnccn3)c(-c3ccccc3)nc12. The smallest absolute Gasteiger partial charge is 0.277 e. The molecule has 0 saturated carbocycles. The van der Waals surface area contributed by atoms with Crippen molar-refractivity contribution in [1.82, 2.24) is 19.4 Å². The van der Waals surface area contributed by atoms with E-state index in [4.69, 9.17) is 4.98 Å². The normalized spacial score (nSPS) is 10.8. The molecule has 122 valence electrons. The molecule has 0 saturated heterocycles. The molecule has 1 aromatic carbocycles. The lowest BCUT2D eigenvalue weighted by Gasteiger charge is -2.07. The zero-order chi connectivity index (χ0) is 17.2. The summed E-state index contributed by atoms with van der Waals surface area (Å²) >= 11 is 0. The highest BCUT2D eigenvalue weighted by molar-refractivity contribution is 6.04. The number of carbonyl (C=O) groups excluding carboxylic acids is 1. The fourth-order valence-electron chi connectivity index (χ4n) is 2.71. The standard InChI is InChI=1S/C19H15N5O/c1-13-6-5-11-24-17(13)22-16(14-7-3-2-4-8-14)18(24)23-19(25)15-12-20-9-10-21-15/h2-12H,1H3,(H,23,25). The summed E-state index contributed by atoms with van der Waals surface area (Å²) in [5.41, 5.74) is 3.73. The third-order valence-electron chi connectivity index (χ3n) is 3.92. The molecule has 4 aromatic rings. The molecule has 3 heterocycles. The van der Waals surface area contributed by atoms with Crippen LogP contribution in [0.4, 0.5) is 5.82 Å². The Kier molecular flexibility index (Phi) is 3.70. The van der Waals surface area contributed by atoms with Gasteiger partial charge in [-0.1, -0.05) is 36.4 Å². The minimum absolute atomic E-state index is 0.254. The van der Waals surface area contributed by atoms with E-state index in [-0.39, 0.29) is 11.6 Å². The molecule has 1 amide bonds. The Morgan fingerprint density at radius 2 is 1.92 bits per heavy atom. The van der Waals surface area contributed by atoms with Crippen LogP contribution in [-0.4, -0.2) is 25.3 Å². The average Bonchev–Trinajstić information content (AvgIpc) is 3.03. The van der Waals surface area contributed by atoms with Crippen molar-refractivity contribution in [2.75, 3.05) is 5.32 Å². The second-order valence-electron chi connectivity index (χ2n) is 5.60. The van der Waals surface area contributed by atoms with E-state index in [2.05, 4.69) is 15.3 Å². The minimum atomic E-state index is -0.325. The fraction of sp³-hybridized carbons (Fsp3) is 0.0526. The quantitative estimate of drug-likeness (QED) is 0.625. The number of nitrogens with zero attached hydrogens (tertiary/aromatic N) is 4. The van der Waals surface area contributed by atoms with Crippen molar-refractivity contribution in [3.63, 3.8) is 0 Å².